The lowest BCUT2D eigenvalue weighted by Crippen LogP contribution is -2.20. The Balaban J connectivity index is 1.81. The number of nitro benzene ring substituents is 1. The van der Waals surface area contributed by atoms with Crippen molar-refractivity contribution in [2.24, 2.45) is 5.10 Å². The third-order valence-corrected chi connectivity index (χ3v) is 3.25. The minimum atomic E-state index is -0.610. The summed E-state index contributed by atoms with van der Waals surface area (Å²) in [6, 6.07) is 12.3. The highest BCUT2D eigenvalue weighted by Crippen LogP contribution is 2.21. The van der Waals surface area contributed by atoms with E-state index >= 15 is 0 Å². The lowest BCUT2D eigenvalue weighted by Gasteiger charge is -2.04. The van der Waals surface area contributed by atoms with Crippen molar-refractivity contribution in [2.45, 2.75) is 12.8 Å². The van der Waals surface area contributed by atoms with Gasteiger partial charge in [0.1, 0.15) is 5.75 Å². The average molecular weight is 356 g/mol. The molecule has 0 aliphatic heterocycles. The van der Waals surface area contributed by atoms with E-state index in [9.17, 15) is 24.8 Å². The second-order valence-electron chi connectivity index (χ2n) is 5.21. The molecule has 0 unspecified atom stereocenters. The van der Waals surface area contributed by atoms with E-state index in [0.29, 0.717) is 5.69 Å². The van der Waals surface area contributed by atoms with Crippen molar-refractivity contribution >= 4 is 29.4 Å². The van der Waals surface area contributed by atoms with Crippen LogP contribution in [-0.2, 0) is 9.59 Å². The molecule has 0 atom stereocenters. The number of hydrogen-bond donors (Lipinski definition) is 3. The summed E-state index contributed by atoms with van der Waals surface area (Å²) in [6.07, 6.45) is 0.972. The summed E-state index contributed by atoms with van der Waals surface area (Å²) in [6.45, 7) is 0. The Hall–Kier alpha value is -3.75. The standard InChI is InChI=1S/C17H16N4O5/c22-15-7-6-14(21(25)26)10-12(15)11-18-20-17(24)9-8-16(23)19-13-4-2-1-3-5-13/h1-7,10-11,22H,8-9H2,(H,19,23)(H,20,24)/b18-11+. The number of anilines is 1. The maximum Gasteiger partial charge on any atom is 0.270 e. The van der Waals surface area contributed by atoms with Crippen LogP contribution in [0.2, 0.25) is 0 Å². The third kappa shape index (κ3) is 5.71. The molecule has 0 saturated carbocycles. The zero-order valence-corrected chi connectivity index (χ0v) is 13.6. The molecule has 0 radical (unpaired) electrons. The number of carbonyl (C=O) groups excluding carboxylic acids is 2. The number of nitrogens with zero attached hydrogens (tertiary/aromatic N) is 2. The van der Waals surface area contributed by atoms with E-state index in [0.717, 1.165) is 24.4 Å². The molecule has 9 heteroatoms. The number of carbonyl (C=O) groups is 2. The van der Waals surface area contributed by atoms with Crippen LogP contribution in [0.3, 0.4) is 0 Å². The quantitative estimate of drug-likeness (QED) is 0.397. The molecule has 0 fully saturated rings. The molecule has 0 bridgehead atoms. The lowest BCUT2D eigenvalue weighted by atomic mass is 10.2. The number of phenolic OH excluding ortho intramolecular Hbond substituents is 1. The number of nitro groups is 1. The predicted octanol–water partition coefficient (Wildman–Crippen LogP) is 2.17. The number of hydrogen-bond acceptors (Lipinski definition) is 6. The van der Waals surface area contributed by atoms with Crippen LogP contribution in [0.1, 0.15) is 18.4 Å². The second-order valence-corrected chi connectivity index (χ2v) is 5.21. The highest BCUT2D eigenvalue weighted by Gasteiger charge is 2.09. The molecule has 0 aromatic heterocycles. The van der Waals surface area contributed by atoms with E-state index in [4.69, 9.17) is 0 Å². The van der Waals surface area contributed by atoms with Gasteiger partial charge in [0, 0.05) is 36.2 Å². The maximum atomic E-state index is 11.7. The molecule has 0 aliphatic rings. The third-order valence-electron chi connectivity index (χ3n) is 3.25. The Kier molecular flexibility index (Phi) is 6.38. The Morgan fingerprint density at radius 3 is 2.50 bits per heavy atom. The molecule has 9 nitrogen and oxygen atoms in total. The van der Waals surface area contributed by atoms with Gasteiger partial charge in [-0.25, -0.2) is 5.43 Å². The van der Waals surface area contributed by atoms with E-state index in [-0.39, 0.29) is 35.7 Å². The van der Waals surface area contributed by atoms with Crippen LogP contribution in [-0.4, -0.2) is 28.1 Å². The Bertz CT molecular complexity index is 836. The maximum absolute atomic E-state index is 11.7. The number of benzene rings is 2. The van der Waals surface area contributed by atoms with Crippen LogP contribution in [0.15, 0.2) is 53.6 Å². The molecular formula is C17H16N4O5. The molecule has 2 aromatic carbocycles. The molecule has 26 heavy (non-hydrogen) atoms. The van der Waals surface area contributed by atoms with Crippen molar-refractivity contribution < 1.29 is 19.6 Å². The Morgan fingerprint density at radius 1 is 1.12 bits per heavy atom. The molecule has 2 amide bonds. The lowest BCUT2D eigenvalue weighted by molar-refractivity contribution is -0.384. The van der Waals surface area contributed by atoms with Crippen LogP contribution in [0.5, 0.6) is 5.75 Å². The molecule has 0 saturated heterocycles. The van der Waals surface area contributed by atoms with E-state index < -0.39 is 10.8 Å². The smallest absolute Gasteiger partial charge is 0.270 e. The van der Waals surface area contributed by atoms with Gasteiger partial charge >= 0.3 is 0 Å². The van der Waals surface area contributed by atoms with Gasteiger partial charge in [0.2, 0.25) is 11.8 Å². The molecule has 2 aromatic rings. The summed E-state index contributed by atoms with van der Waals surface area (Å²) < 4.78 is 0. The minimum absolute atomic E-state index is 0.0295. The van der Waals surface area contributed by atoms with Gasteiger partial charge in [-0.1, -0.05) is 18.2 Å². The number of phenols is 1. The number of nitrogens with one attached hydrogen (secondary N) is 2. The van der Waals surface area contributed by atoms with Gasteiger partial charge < -0.3 is 10.4 Å². The van der Waals surface area contributed by atoms with E-state index in [2.05, 4.69) is 15.8 Å². The Morgan fingerprint density at radius 2 is 1.81 bits per heavy atom. The highest BCUT2D eigenvalue weighted by molar-refractivity contribution is 5.93. The van der Waals surface area contributed by atoms with Crippen molar-refractivity contribution in [2.75, 3.05) is 5.32 Å². The van der Waals surface area contributed by atoms with Crippen molar-refractivity contribution in [1.82, 2.24) is 5.43 Å². The summed E-state index contributed by atoms with van der Waals surface area (Å²) in [7, 11) is 0. The number of hydrazone groups is 1. The first-order valence-corrected chi connectivity index (χ1v) is 7.60. The highest BCUT2D eigenvalue weighted by atomic mass is 16.6. The first-order valence-electron chi connectivity index (χ1n) is 7.60. The van der Waals surface area contributed by atoms with E-state index in [1.165, 1.54) is 0 Å². The molecular weight excluding hydrogens is 340 g/mol. The monoisotopic (exact) mass is 356 g/mol. The fourth-order valence-corrected chi connectivity index (χ4v) is 1.96. The van der Waals surface area contributed by atoms with Gasteiger partial charge in [-0.2, -0.15) is 5.10 Å². The molecule has 0 heterocycles. The van der Waals surface area contributed by atoms with Crippen LogP contribution in [0.25, 0.3) is 0 Å². The Labute approximate surface area is 148 Å². The second kappa shape index (κ2) is 8.92. The molecule has 3 N–H and O–H groups in total. The van der Waals surface area contributed by atoms with Gasteiger partial charge in [0.15, 0.2) is 0 Å². The van der Waals surface area contributed by atoms with Crippen molar-refractivity contribution in [3.8, 4) is 5.75 Å². The number of aromatic hydroxyl groups is 1. The van der Waals surface area contributed by atoms with Gasteiger partial charge in [-0.3, -0.25) is 19.7 Å². The van der Waals surface area contributed by atoms with Gasteiger partial charge in [0.25, 0.3) is 5.69 Å². The van der Waals surface area contributed by atoms with Gasteiger partial charge in [0.05, 0.1) is 11.1 Å². The fourth-order valence-electron chi connectivity index (χ4n) is 1.96. The number of non-ortho nitro benzene ring substituents is 1. The van der Waals surface area contributed by atoms with E-state index in [1.54, 1.807) is 24.3 Å². The zero-order chi connectivity index (χ0) is 18.9. The molecule has 0 aliphatic carbocycles. The minimum Gasteiger partial charge on any atom is -0.507 e. The van der Waals surface area contributed by atoms with Crippen LogP contribution in [0, 0.1) is 10.1 Å². The zero-order valence-electron chi connectivity index (χ0n) is 13.6. The SMILES string of the molecule is O=C(CCC(=O)Nc1ccccc1)N/N=C/c1cc([N+](=O)[O-])ccc1O. The molecule has 134 valence electrons. The first kappa shape index (κ1) is 18.6. The summed E-state index contributed by atoms with van der Waals surface area (Å²) >= 11 is 0. The molecule has 0 spiro atoms. The summed E-state index contributed by atoms with van der Waals surface area (Å²) in [5.74, 6) is -1.03. The number of rotatable bonds is 7. The number of amides is 2. The largest absolute Gasteiger partial charge is 0.507 e. The van der Waals surface area contributed by atoms with Crippen molar-refractivity contribution in [3.05, 3.63) is 64.2 Å². The topological polar surface area (TPSA) is 134 Å². The molecule has 2 rings (SSSR count). The van der Waals surface area contributed by atoms with Gasteiger partial charge in [-0.15, -0.1) is 0 Å². The normalized spacial score (nSPS) is 10.5. The van der Waals surface area contributed by atoms with Crippen LogP contribution in [0.4, 0.5) is 11.4 Å². The van der Waals surface area contributed by atoms with Crippen molar-refractivity contribution in [1.29, 1.82) is 0 Å². The average Bonchev–Trinajstić information content (AvgIpc) is 2.62. The fraction of sp³-hybridized carbons (Fsp3) is 0.118. The van der Waals surface area contributed by atoms with Crippen LogP contribution < -0.4 is 10.7 Å². The van der Waals surface area contributed by atoms with Gasteiger partial charge in [-0.05, 0) is 18.2 Å². The summed E-state index contributed by atoms with van der Waals surface area (Å²) in [4.78, 5) is 33.5. The van der Waals surface area contributed by atoms with Crippen molar-refractivity contribution in [3.63, 3.8) is 0 Å². The number of para-hydroxylation sites is 1. The summed E-state index contributed by atoms with van der Waals surface area (Å²) in [5, 5.41) is 26.6. The van der Waals surface area contributed by atoms with Crippen LogP contribution >= 0.6 is 0 Å². The summed E-state index contributed by atoms with van der Waals surface area (Å²) in [5.41, 5.74) is 2.70. The first-order chi connectivity index (χ1) is 12.5. The predicted molar refractivity (Wildman–Crippen MR) is 94.8 cm³/mol. The van der Waals surface area contributed by atoms with E-state index in [1.807, 2.05) is 6.07 Å².